The highest BCUT2D eigenvalue weighted by atomic mass is 16.5. The summed E-state index contributed by atoms with van der Waals surface area (Å²) in [6, 6.07) is 12.3. The van der Waals surface area contributed by atoms with Crippen LogP contribution in [0.3, 0.4) is 0 Å². The van der Waals surface area contributed by atoms with Crippen LogP contribution in [0.15, 0.2) is 36.4 Å². The highest BCUT2D eigenvalue weighted by molar-refractivity contribution is 5.45. The summed E-state index contributed by atoms with van der Waals surface area (Å²) in [4.78, 5) is 4.69. The Morgan fingerprint density at radius 2 is 2.05 bits per heavy atom. The third-order valence-corrected chi connectivity index (χ3v) is 3.52. The molecular weight excluding hydrogens is 236 g/mol. The fourth-order valence-corrected chi connectivity index (χ4v) is 2.61. The molecule has 2 aromatic rings. The van der Waals surface area contributed by atoms with Crippen molar-refractivity contribution in [2.24, 2.45) is 0 Å². The van der Waals surface area contributed by atoms with Crippen molar-refractivity contribution in [1.29, 1.82) is 0 Å². The van der Waals surface area contributed by atoms with E-state index in [1.165, 1.54) is 5.56 Å². The van der Waals surface area contributed by atoms with Crippen molar-refractivity contribution in [2.75, 3.05) is 13.6 Å². The van der Waals surface area contributed by atoms with E-state index in [1.807, 2.05) is 38.2 Å². The zero-order valence-corrected chi connectivity index (χ0v) is 11.3. The molecule has 1 N–H and O–H groups in total. The van der Waals surface area contributed by atoms with Gasteiger partial charge in [-0.05, 0) is 44.2 Å². The Bertz CT molecular complexity index is 595. The van der Waals surface area contributed by atoms with E-state index in [2.05, 4.69) is 17.4 Å². The lowest BCUT2D eigenvalue weighted by molar-refractivity contribution is 0.473. The van der Waals surface area contributed by atoms with Gasteiger partial charge in [0.05, 0.1) is 5.69 Å². The smallest absolute Gasteiger partial charge is 0.149 e. The van der Waals surface area contributed by atoms with E-state index in [-0.39, 0.29) is 0 Å². The van der Waals surface area contributed by atoms with Crippen LogP contribution >= 0.6 is 0 Å². The standard InChI is InChI=1S/C16H18N2O/c1-11-7-8-15-16(18-11)13(10-17-2)9-12-5-3-4-6-14(12)19-15/h3-8,13,17H,9-10H2,1-2H3/t13-/m1/s1. The van der Waals surface area contributed by atoms with Gasteiger partial charge >= 0.3 is 0 Å². The van der Waals surface area contributed by atoms with E-state index in [0.29, 0.717) is 5.92 Å². The summed E-state index contributed by atoms with van der Waals surface area (Å²) < 4.78 is 6.04. The molecule has 0 saturated carbocycles. The fourth-order valence-electron chi connectivity index (χ4n) is 2.61. The first-order valence-electron chi connectivity index (χ1n) is 6.66. The molecule has 1 atom stereocenters. The molecule has 0 radical (unpaired) electrons. The SMILES string of the molecule is CNC[C@H]1Cc2ccccc2Oc2ccc(C)nc21. The number of hydrogen-bond donors (Lipinski definition) is 1. The molecule has 0 spiro atoms. The second-order valence-corrected chi connectivity index (χ2v) is 5.00. The summed E-state index contributed by atoms with van der Waals surface area (Å²) in [7, 11) is 1.98. The molecular formula is C16H18N2O. The van der Waals surface area contributed by atoms with Crippen LogP contribution in [0.5, 0.6) is 11.5 Å². The average Bonchev–Trinajstić information content (AvgIpc) is 2.56. The minimum atomic E-state index is 0.351. The zero-order valence-electron chi connectivity index (χ0n) is 11.3. The summed E-state index contributed by atoms with van der Waals surface area (Å²) in [5, 5.41) is 3.26. The Hall–Kier alpha value is -1.87. The van der Waals surface area contributed by atoms with Gasteiger partial charge in [-0.1, -0.05) is 18.2 Å². The van der Waals surface area contributed by atoms with Crippen LogP contribution in [-0.2, 0) is 6.42 Å². The molecule has 0 amide bonds. The Kier molecular flexibility index (Phi) is 3.22. The summed E-state index contributed by atoms with van der Waals surface area (Å²) in [6.07, 6.45) is 0.959. The van der Waals surface area contributed by atoms with Gasteiger partial charge < -0.3 is 10.1 Å². The molecule has 1 aliphatic rings. The maximum atomic E-state index is 6.04. The second kappa shape index (κ2) is 5.02. The molecule has 0 aliphatic carbocycles. The Labute approximate surface area is 113 Å². The molecule has 2 heterocycles. The number of aromatic nitrogens is 1. The van der Waals surface area contributed by atoms with Crippen molar-refractivity contribution in [3.63, 3.8) is 0 Å². The lowest BCUT2D eigenvalue weighted by Gasteiger charge is -2.15. The maximum absolute atomic E-state index is 6.04. The molecule has 0 saturated heterocycles. The first-order chi connectivity index (χ1) is 9.28. The minimum Gasteiger partial charge on any atom is -0.455 e. The largest absolute Gasteiger partial charge is 0.455 e. The molecule has 3 heteroatoms. The van der Waals surface area contributed by atoms with Crippen molar-refractivity contribution in [3.8, 4) is 11.5 Å². The Balaban J connectivity index is 2.10. The highest BCUT2D eigenvalue weighted by Gasteiger charge is 2.24. The second-order valence-electron chi connectivity index (χ2n) is 5.00. The molecule has 1 aliphatic heterocycles. The van der Waals surface area contributed by atoms with Crippen LogP contribution in [-0.4, -0.2) is 18.6 Å². The van der Waals surface area contributed by atoms with E-state index < -0.39 is 0 Å². The van der Waals surface area contributed by atoms with Gasteiger partial charge in [0.1, 0.15) is 11.5 Å². The summed E-state index contributed by atoms with van der Waals surface area (Å²) in [6.45, 7) is 2.93. The number of likely N-dealkylation sites (N-methyl/N-ethyl adjacent to an activating group) is 1. The molecule has 98 valence electrons. The molecule has 1 aromatic carbocycles. The molecule has 1 aromatic heterocycles. The number of rotatable bonds is 2. The fraction of sp³-hybridized carbons (Fsp3) is 0.312. The lowest BCUT2D eigenvalue weighted by atomic mass is 9.95. The summed E-state index contributed by atoms with van der Waals surface area (Å²) in [5.41, 5.74) is 3.35. The molecule has 0 unspecified atom stereocenters. The van der Waals surface area contributed by atoms with Gasteiger partial charge in [0.2, 0.25) is 0 Å². The average molecular weight is 254 g/mol. The summed E-state index contributed by atoms with van der Waals surface area (Å²) >= 11 is 0. The van der Waals surface area contributed by atoms with Crippen LogP contribution in [0.25, 0.3) is 0 Å². The van der Waals surface area contributed by atoms with Crippen molar-refractivity contribution in [2.45, 2.75) is 19.3 Å². The van der Waals surface area contributed by atoms with Gasteiger partial charge in [-0.15, -0.1) is 0 Å². The van der Waals surface area contributed by atoms with Gasteiger partial charge in [0, 0.05) is 18.2 Å². The Morgan fingerprint density at radius 3 is 2.89 bits per heavy atom. The van der Waals surface area contributed by atoms with Crippen LogP contribution in [0.2, 0.25) is 0 Å². The van der Waals surface area contributed by atoms with Crippen LogP contribution in [0.4, 0.5) is 0 Å². The molecule has 19 heavy (non-hydrogen) atoms. The number of pyridine rings is 1. The maximum Gasteiger partial charge on any atom is 0.149 e. The topological polar surface area (TPSA) is 34.1 Å². The number of nitrogens with one attached hydrogen (secondary N) is 1. The first-order valence-corrected chi connectivity index (χ1v) is 6.66. The van der Waals surface area contributed by atoms with Crippen molar-refractivity contribution in [1.82, 2.24) is 10.3 Å². The van der Waals surface area contributed by atoms with E-state index >= 15 is 0 Å². The number of para-hydroxylation sites is 1. The lowest BCUT2D eigenvalue weighted by Crippen LogP contribution is -2.19. The van der Waals surface area contributed by atoms with E-state index in [0.717, 1.165) is 35.9 Å². The van der Waals surface area contributed by atoms with Crippen LogP contribution in [0.1, 0.15) is 22.9 Å². The number of nitrogens with zero attached hydrogens (tertiary/aromatic N) is 1. The molecule has 3 nitrogen and oxygen atoms in total. The van der Waals surface area contributed by atoms with Crippen molar-refractivity contribution >= 4 is 0 Å². The minimum absolute atomic E-state index is 0.351. The number of benzene rings is 1. The van der Waals surface area contributed by atoms with Crippen molar-refractivity contribution < 1.29 is 4.74 Å². The van der Waals surface area contributed by atoms with Crippen LogP contribution in [0, 0.1) is 6.92 Å². The third-order valence-electron chi connectivity index (χ3n) is 3.52. The number of fused-ring (bicyclic) bond motifs is 2. The normalized spacial score (nSPS) is 17.1. The molecule has 0 fully saturated rings. The number of aryl methyl sites for hydroxylation is 1. The zero-order chi connectivity index (χ0) is 13.2. The van der Waals surface area contributed by atoms with Gasteiger partial charge in [0.25, 0.3) is 0 Å². The number of ether oxygens (including phenoxy) is 1. The van der Waals surface area contributed by atoms with Crippen molar-refractivity contribution in [3.05, 3.63) is 53.3 Å². The monoisotopic (exact) mass is 254 g/mol. The summed E-state index contributed by atoms with van der Waals surface area (Å²) in [5.74, 6) is 2.19. The van der Waals surface area contributed by atoms with E-state index in [9.17, 15) is 0 Å². The predicted octanol–water partition coefficient (Wildman–Crippen LogP) is 3.04. The van der Waals surface area contributed by atoms with Gasteiger partial charge in [-0.2, -0.15) is 0 Å². The van der Waals surface area contributed by atoms with Gasteiger partial charge in [0.15, 0.2) is 0 Å². The highest BCUT2D eigenvalue weighted by Crippen LogP contribution is 2.37. The van der Waals surface area contributed by atoms with E-state index in [4.69, 9.17) is 9.72 Å². The van der Waals surface area contributed by atoms with E-state index in [1.54, 1.807) is 0 Å². The third kappa shape index (κ3) is 2.34. The number of hydrogen-bond acceptors (Lipinski definition) is 3. The molecule has 0 bridgehead atoms. The van der Waals surface area contributed by atoms with Gasteiger partial charge in [-0.3, -0.25) is 4.98 Å². The molecule has 3 rings (SSSR count). The predicted molar refractivity (Wildman–Crippen MR) is 75.9 cm³/mol. The first kappa shape index (κ1) is 12.2. The van der Waals surface area contributed by atoms with Crippen LogP contribution < -0.4 is 10.1 Å². The van der Waals surface area contributed by atoms with Gasteiger partial charge in [-0.25, -0.2) is 0 Å². The quantitative estimate of drug-likeness (QED) is 0.894. The Morgan fingerprint density at radius 1 is 1.21 bits per heavy atom.